The van der Waals surface area contributed by atoms with Crippen molar-refractivity contribution < 1.29 is 9.53 Å². The predicted molar refractivity (Wildman–Crippen MR) is 97.9 cm³/mol. The third-order valence-electron chi connectivity index (χ3n) is 3.46. The SMILES string of the molecule is CCCOc1ccc(CNC(=O)CN2CCNCC2)cc1.Cl.Cl. The molecule has 2 N–H and O–H groups in total. The Morgan fingerprint density at radius 1 is 1.22 bits per heavy atom. The van der Waals surface area contributed by atoms with Crippen LogP contribution in [0.2, 0.25) is 0 Å². The zero-order valence-electron chi connectivity index (χ0n) is 13.5. The maximum absolute atomic E-state index is 11.9. The van der Waals surface area contributed by atoms with E-state index in [-0.39, 0.29) is 30.7 Å². The average molecular weight is 364 g/mol. The van der Waals surface area contributed by atoms with Crippen LogP contribution in [0.4, 0.5) is 0 Å². The van der Waals surface area contributed by atoms with Crippen LogP contribution in [0.15, 0.2) is 24.3 Å². The summed E-state index contributed by atoms with van der Waals surface area (Å²) < 4.78 is 5.54. The lowest BCUT2D eigenvalue weighted by atomic mass is 10.2. The normalized spacial score (nSPS) is 14.3. The molecule has 1 fully saturated rings. The summed E-state index contributed by atoms with van der Waals surface area (Å²) in [4.78, 5) is 14.1. The number of hydrogen-bond acceptors (Lipinski definition) is 4. The lowest BCUT2D eigenvalue weighted by molar-refractivity contribution is -0.122. The highest BCUT2D eigenvalue weighted by Gasteiger charge is 2.12. The van der Waals surface area contributed by atoms with Gasteiger partial charge < -0.3 is 15.4 Å². The lowest BCUT2D eigenvalue weighted by Gasteiger charge is -2.26. The number of nitrogens with zero attached hydrogens (tertiary/aromatic N) is 1. The van der Waals surface area contributed by atoms with E-state index in [1.165, 1.54) is 0 Å². The zero-order valence-corrected chi connectivity index (χ0v) is 15.2. The molecule has 23 heavy (non-hydrogen) atoms. The van der Waals surface area contributed by atoms with E-state index >= 15 is 0 Å². The second kappa shape index (κ2) is 12.4. The number of carbonyl (C=O) groups excluding carboxylic acids is 1. The van der Waals surface area contributed by atoms with Crippen LogP contribution >= 0.6 is 24.8 Å². The Balaban J connectivity index is 0.00000242. The van der Waals surface area contributed by atoms with Crippen LogP contribution in [-0.4, -0.2) is 50.1 Å². The second-order valence-corrected chi connectivity index (χ2v) is 5.30. The lowest BCUT2D eigenvalue weighted by Crippen LogP contribution is -2.47. The Kier molecular flexibility index (Phi) is 11.9. The molecule has 1 aromatic rings. The molecule has 1 amide bonds. The molecule has 5 nitrogen and oxygen atoms in total. The summed E-state index contributed by atoms with van der Waals surface area (Å²) in [6, 6.07) is 7.90. The standard InChI is InChI=1S/C16H25N3O2.2ClH/c1-2-11-21-15-5-3-14(4-6-15)12-18-16(20)13-19-9-7-17-8-10-19;;/h3-6,17H,2,7-13H2,1H3,(H,18,20);2*1H. The Labute approximate surface area is 151 Å². The largest absolute Gasteiger partial charge is 0.494 e. The van der Waals surface area contributed by atoms with E-state index in [1.54, 1.807) is 0 Å². The number of amides is 1. The fourth-order valence-electron chi connectivity index (χ4n) is 2.25. The molecule has 0 spiro atoms. The van der Waals surface area contributed by atoms with Crippen molar-refractivity contribution in [2.75, 3.05) is 39.3 Å². The third kappa shape index (κ3) is 8.42. The van der Waals surface area contributed by atoms with Gasteiger partial charge >= 0.3 is 0 Å². The van der Waals surface area contributed by atoms with E-state index in [9.17, 15) is 4.79 Å². The predicted octanol–water partition coefficient (Wildman–Crippen LogP) is 1.84. The van der Waals surface area contributed by atoms with Crippen LogP contribution in [0, 0.1) is 0 Å². The minimum Gasteiger partial charge on any atom is -0.494 e. The van der Waals surface area contributed by atoms with Crippen molar-refractivity contribution in [3.8, 4) is 5.75 Å². The van der Waals surface area contributed by atoms with Crippen molar-refractivity contribution in [2.24, 2.45) is 0 Å². The van der Waals surface area contributed by atoms with Crippen LogP contribution in [-0.2, 0) is 11.3 Å². The molecule has 1 heterocycles. The molecule has 0 radical (unpaired) electrons. The molecule has 0 aliphatic carbocycles. The van der Waals surface area contributed by atoms with Gasteiger partial charge in [0.15, 0.2) is 0 Å². The first kappa shape index (κ1) is 22.0. The fourth-order valence-corrected chi connectivity index (χ4v) is 2.25. The van der Waals surface area contributed by atoms with Gasteiger partial charge in [-0.25, -0.2) is 0 Å². The van der Waals surface area contributed by atoms with E-state index in [1.807, 2.05) is 24.3 Å². The highest BCUT2D eigenvalue weighted by molar-refractivity contribution is 5.85. The number of carbonyl (C=O) groups is 1. The fraction of sp³-hybridized carbons (Fsp3) is 0.562. The van der Waals surface area contributed by atoms with Gasteiger partial charge in [0.25, 0.3) is 0 Å². The van der Waals surface area contributed by atoms with Crippen molar-refractivity contribution in [3.05, 3.63) is 29.8 Å². The minimum atomic E-state index is 0. The topological polar surface area (TPSA) is 53.6 Å². The molecule has 1 aromatic carbocycles. The smallest absolute Gasteiger partial charge is 0.234 e. The van der Waals surface area contributed by atoms with Crippen molar-refractivity contribution in [1.82, 2.24) is 15.5 Å². The molecule has 0 atom stereocenters. The van der Waals surface area contributed by atoms with Gasteiger partial charge in [0.2, 0.25) is 5.91 Å². The number of hydrogen-bond donors (Lipinski definition) is 2. The number of benzene rings is 1. The molecular formula is C16H27Cl2N3O2. The van der Waals surface area contributed by atoms with Crippen LogP contribution in [0.25, 0.3) is 0 Å². The van der Waals surface area contributed by atoms with Crippen molar-refractivity contribution in [2.45, 2.75) is 19.9 Å². The summed E-state index contributed by atoms with van der Waals surface area (Å²) in [5.74, 6) is 0.968. The number of nitrogens with one attached hydrogen (secondary N) is 2. The third-order valence-corrected chi connectivity index (χ3v) is 3.46. The first-order valence-corrected chi connectivity index (χ1v) is 7.69. The van der Waals surface area contributed by atoms with E-state index in [2.05, 4.69) is 22.5 Å². The van der Waals surface area contributed by atoms with Gasteiger partial charge in [-0.05, 0) is 24.1 Å². The van der Waals surface area contributed by atoms with Gasteiger partial charge in [0.05, 0.1) is 13.2 Å². The van der Waals surface area contributed by atoms with Gasteiger partial charge in [-0.1, -0.05) is 19.1 Å². The quantitative estimate of drug-likeness (QED) is 0.775. The molecular weight excluding hydrogens is 337 g/mol. The minimum absolute atomic E-state index is 0. The van der Waals surface area contributed by atoms with Gasteiger partial charge in [-0.15, -0.1) is 24.8 Å². The van der Waals surface area contributed by atoms with Crippen molar-refractivity contribution >= 4 is 30.7 Å². The monoisotopic (exact) mass is 363 g/mol. The number of halogens is 2. The molecule has 1 aliphatic rings. The maximum Gasteiger partial charge on any atom is 0.234 e. The molecule has 1 saturated heterocycles. The van der Waals surface area contributed by atoms with E-state index in [4.69, 9.17) is 4.74 Å². The number of piperazine rings is 1. The van der Waals surface area contributed by atoms with Crippen LogP contribution in [0.5, 0.6) is 5.75 Å². The summed E-state index contributed by atoms with van der Waals surface area (Å²) >= 11 is 0. The Morgan fingerprint density at radius 2 is 1.87 bits per heavy atom. The molecule has 0 bridgehead atoms. The van der Waals surface area contributed by atoms with Gasteiger partial charge in [0, 0.05) is 32.7 Å². The second-order valence-electron chi connectivity index (χ2n) is 5.30. The van der Waals surface area contributed by atoms with E-state index in [0.29, 0.717) is 13.1 Å². The Hall–Kier alpha value is -1.01. The molecule has 0 unspecified atom stereocenters. The molecule has 0 saturated carbocycles. The molecule has 7 heteroatoms. The zero-order chi connectivity index (χ0) is 14.9. The van der Waals surface area contributed by atoms with Crippen molar-refractivity contribution in [1.29, 1.82) is 0 Å². The van der Waals surface area contributed by atoms with Crippen LogP contribution in [0.3, 0.4) is 0 Å². The molecule has 1 aliphatic heterocycles. The summed E-state index contributed by atoms with van der Waals surface area (Å²) in [5, 5.41) is 6.25. The van der Waals surface area contributed by atoms with E-state index in [0.717, 1.165) is 50.5 Å². The first-order valence-electron chi connectivity index (χ1n) is 7.69. The highest BCUT2D eigenvalue weighted by Crippen LogP contribution is 2.12. The van der Waals surface area contributed by atoms with Crippen LogP contribution < -0.4 is 15.4 Å². The van der Waals surface area contributed by atoms with Gasteiger partial charge in [-0.3, -0.25) is 9.69 Å². The molecule has 2 rings (SSSR count). The summed E-state index contributed by atoms with van der Waals surface area (Å²) in [5.41, 5.74) is 1.09. The van der Waals surface area contributed by atoms with Crippen molar-refractivity contribution in [3.63, 3.8) is 0 Å². The Morgan fingerprint density at radius 3 is 2.48 bits per heavy atom. The van der Waals surface area contributed by atoms with Gasteiger partial charge in [0.1, 0.15) is 5.75 Å². The van der Waals surface area contributed by atoms with Crippen LogP contribution in [0.1, 0.15) is 18.9 Å². The summed E-state index contributed by atoms with van der Waals surface area (Å²) in [7, 11) is 0. The summed E-state index contributed by atoms with van der Waals surface area (Å²) in [6.07, 6.45) is 1.00. The Bertz CT molecular complexity index is 437. The molecule has 132 valence electrons. The summed E-state index contributed by atoms with van der Waals surface area (Å²) in [6.45, 7) is 7.69. The number of rotatable bonds is 7. The first-order chi connectivity index (χ1) is 10.3. The maximum atomic E-state index is 11.9. The molecule has 0 aromatic heterocycles. The average Bonchev–Trinajstić information content (AvgIpc) is 2.53. The van der Waals surface area contributed by atoms with E-state index < -0.39 is 0 Å². The number of ether oxygens (including phenoxy) is 1. The van der Waals surface area contributed by atoms with Gasteiger partial charge in [-0.2, -0.15) is 0 Å². The highest BCUT2D eigenvalue weighted by atomic mass is 35.5.